The van der Waals surface area contributed by atoms with Crippen molar-refractivity contribution in [3.05, 3.63) is 54.2 Å². The molecule has 8 nitrogen and oxygen atoms in total. The van der Waals surface area contributed by atoms with Crippen molar-refractivity contribution >= 4 is 27.5 Å². The molecule has 2 aromatic carbocycles. The molecule has 214 valence electrons. The molecule has 0 spiro atoms. The van der Waals surface area contributed by atoms with Gasteiger partial charge in [0, 0.05) is 30.1 Å². The minimum absolute atomic E-state index is 0.00440. The molecule has 2 N–H and O–H groups in total. The van der Waals surface area contributed by atoms with Crippen LogP contribution >= 0.6 is 0 Å². The highest BCUT2D eigenvalue weighted by atomic mass is 19.1. The number of piperidine rings is 1. The monoisotopic (exact) mass is 561 g/mol. The van der Waals surface area contributed by atoms with Crippen LogP contribution in [0.3, 0.4) is 0 Å². The summed E-state index contributed by atoms with van der Waals surface area (Å²) in [4.78, 5) is 17.9. The third-order valence-corrected chi connectivity index (χ3v) is 8.98. The molecule has 5 heterocycles. The number of hydrogen-bond donors (Lipinski definition) is 2. The maximum Gasteiger partial charge on any atom is 0.319 e. The molecule has 41 heavy (non-hydrogen) atoms. The zero-order valence-corrected chi connectivity index (χ0v) is 23.0. The summed E-state index contributed by atoms with van der Waals surface area (Å²) in [5.41, 5.74) is 0.234. The van der Waals surface area contributed by atoms with Gasteiger partial charge in [0.25, 0.3) is 0 Å². The van der Waals surface area contributed by atoms with E-state index in [1.54, 1.807) is 35.2 Å². The summed E-state index contributed by atoms with van der Waals surface area (Å²) in [6, 6.07) is 9.93. The second kappa shape index (κ2) is 9.82. The molecule has 7 rings (SSSR count). The van der Waals surface area contributed by atoms with Crippen LogP contribution < -0.4 is 9.64 Å². The lowest BCUT2D eigenvalue weighted by atomic mass is 9.95. The summed E-state index contributed by atoms with van der Waals surface area (Å²) < 4.78 is 37.7. The minimum Gasteiger partial charge on any atom is -0.461 e. The molecular weight excluding hydrogens is 528 g/mol. The maximum atomic E-state index is 16.5. The standard InChI is InChI=1S/C31H33F2N5O3/c1-19-14-31(39,40)17-37(16-19)28-22-15-34-26(21-8-2-6-20-7-3-9-23(32)24(20)21)25(33)27(22)35-29(36-28)41-18-30-10-4-12-38(30)13-5-11-30/h2-3,6-9,15,19,39-40H,4-5,10-14,16-18H2,1H3/t19-/m1/s1. The number of aromatic nitrogens is 3. The van der Waals surface area contributed by atoms with Crippen molar-refractivity contribution in [1.82, 2.24) is 19.9 Å². The first kappa shape index (κ1) is 26.4. The van der Waals surface area contributed by atoms with E-state index in [0.717, 1.165) is 38.8 Å². The molecule has 0 aliphatic carbocycles. The highest BCUT2D eigenvalue weighted by Gasteiger charge is 2.45. The molecule has 0 bridgehead atoms. The summed E-state index contributed by atoms with van der Waals surface area (Å²) in [7, 11) is 0. The first-order valence-corrected chi connectivity index (χ1v) is 14.3. The van der Waals surface area contributed by atoms with Crippen molar-refractivity contribution in [2.75, 3.05) is 37.7 Å². The lowest BCUT2D eigenvalue weighted by Crippen LogP contribution is -2.51. The minimum atomic E-state index is -1.92. The Morgan fingerprint density at radius 1 is 1.05 bits per heavy atom. The third kappa shape index (κ3) is 4.58. The highest BCUT2D eigenvalue weighted by Crippen LogP contribution is 2.40. The van der Waals surface area contributed by atoms with Gasteiger partial charge in [0.15, 0.2) is 11.6 Å². The van der Waals surface area contributed by atoms with Gasteiger partial charge in [-0.15, -0.1) is 0 Å². The normalized spacial score (nSPS) is 22.0. The van der Waals surface area contributed by atoms with Gasteiger partial charge in [0.2, 0.25) is 0 Å². The van der Waals surface area contributed by atoms with E-state index in [1.165, 1.54) is 12.3 Å². The van der Waals surface area contributed by atoms with E-state index in [2.05, 4.69) is 19.9 Å². The van der Waals surface area contributed by atoms with Crippen molar-refractivity contribution in [1.29, 1.82) is 0 Å². The van der Waals surface area contributed by atoms with Crippen LogP contribution in [0.25, 0.3) is 32.9 Å². The molecule has 2 aromatic heterocycles. The number of halogens is 2. The number of rotatable bonds is 5. The van der Waals surface area contributed by atoms with Crippen LogP contribution in [0.5, 0.6) is 6.01 Å². The molecule has 10 heteroatoms. The van der Waals surface area contributed by atoms with Gasteiger partial charge in [0.05, 0.1) is 17.5 Å². The first-order chi connectivity index (χ1) is 19.7. The van der Waals surface area contributed by atoms with Gasteiger partial charge in [-0.05, 0) is 56.1 Å². The molecule has 3 aliphatic rings. The van der Waals surface area contributed by atoms with Crippen LogP contribution in [0.15, 0.2) is 42.6 Å². The van der Waals surface area contributed by atoms with Gasteiger partial charge >= 0.3 is 6.01 Å². The number of β-amino-alcohol motifs (C(OH)–C–C–N with tert-alkyl or cyclic N) is 2. The predicted octanol–water partition coefficient (Wildman–Crippen LogP) is 4.66. The summed E-state index contributed by atoms with van der Waals surface area (Å²) in [6.45, 7) is 4.79. The number of ether oxygens (including phenoxy) is 1. The number of aliphatic hydroxyl groups is 2. The molecule has 4 aromatic rings. The predicted molar refractivity (Wildman–Crippen MR) is 152 cm³/mol. The number of fused-ring (bicyclic) bond motifs is 3. The number of hydrogen-bond acceptors (Lipinski definition) is 8. The summed E-state index contributed by atoms with van der Waals surface area (Å²) >= 11 is 0. The zero-order valence-electron chi connectivity index (χ0n) is 23.0. The van der Waals surface area contributed by atoms with Gasteiger partial charge in [-0.1, -0.05) is 37.3 Å². The molecule has 0 unspecified atom stereocenters. The van der Waals surface area contributed by atoms with Crippen molar-refractivity contribution in [2.45, 2.75) is 50.4 Å². The lowest BCUT2D eigenvalue weighted by molar-refractivity contribution is -0.172. The highest BCUT2D eigenvalue weighted by molar-refractivity contribution is 5.99. The summed E-state index contributed by atoms with van der Waals surface area (Å²) in [5, 5.41) is 22.3. The van der Waals surface area contributed by atoms with Gasteiger partial charge in [-0.25, -0.2) is 8.78 Å². The SMILES string of the molecule is C[C@H]1CN(c2nc(OCC34CCCN3CCC4)nc3c(F)c(-c4cccc5cccc(F)c45)ncc23)CC(O)(O)C1. The maximum absolute atomic E-state index is 16.5. The van der Waals surface area contributed by atoms with Crippen LogP contribution in [-0.4, -0.2) is 74.2 Å². The second-order valence-corrected chi connectivity index (χ2v) is 12.0. The molecule has 0 radical (unpaired) electrons. The van der Waals surface area contributed by atoms with E-state index in [-0.39, 0.29) is 47.0 Å². The summed E-state index contributed by atoms with van der Waals surface area (Å²) in [6.07, 6.45) is 5.99. The third-order valence-electron chi connectivity index (χ3n) is 8.98. The topological polar surface area (TPSA) is 94.8 Å². The van der Waals surface area contributed by atoms with Crippen molar-refractivity contribution in [2.24, 2.45) is 5.92 Å². The number of benzene rings is 2. The molecule has 0 saturated carbocycles. The Labute approximate surface area is 236 Å². The van der Waals surface area contributed by atoms with Gasteiger partial charge < -0.3 is 19.8 Å². The zero-order chi connectivity index (χ0) is 28.4. The molecular formula is C31H33F2N5O3. The lowest BCUT2D eigenvalue weighted by Gasteiger charge is -2.40. The van der Waals surface area contributed by atoms with Crippen LogP contribution in [0.4, 0.5) is 14.6 Å². The Bertz CT molecular complexity index is 1630. The molecule has 3 fully saturated rings. The Morgan fingerprint density at radius 3 is 2.56 bits per heavy atom. The Morgan fingerprint density at radius 2 is 1.80 bits per heavy atom. The molecule has 0 amide bonds. The van der Waals surface area contributed by atoms with Gasteiger partial charge in [-0.3, -0.25) is 9.88 Å². The van der Waals surface area contributed by atoms with E-state index < -0.39 is 17.4 Å². The number of pyridine rings is 1. The fourth-order valence-electron chi connectivity index (χ4n) is 7.26. The van der Waals surface area contributed by atoms with E-state index in [9.17, 15) is 14.6 Å². The average Bonchev–Trinajstić information content (AvgIpc) is 3.51. The Hall–Kier alpha value is -3.47. The van der Waals surface area contributed by atoms with Crippen molar-refractivity contribution in [3.8, 4) is 17.3 Å². The first-order valence-electron chi connectivity index (χ1n) is 14.3. The second-order valence-electron chi connectivity index (χ2n) is 12.0. The largest absolute Gasteiger partial charge is 0.461 e. The fraction of sp³-hybridized carbons (Fsp3) is 0.452. The van der Waals surface area contributed by atoms with Crippen LogP contribution in [-0.2, 0) is 0 Å². The van der Waals surface area contributed by atoms with Crippen molar-refractivity contribution in [3.63, 3.8) is 0 Å². The van der Waals surface area contributed by atoms with Crippen molar-refractivity contribution < 1.29 is 23.7 Å². The van der Waals surface area contributed by atoms with Gasteiger partial charge in [-0.2, -0.15) is 9.97 Å². The van der Waals surface area contributed by atoms with E-state index in [4.69, 9.17) is 4.74 Å². The quantitative estimate of drug-likeness (QED) is 0.340. The Kier molecular flexibility index (Phi) is 6.33. The summed E-state index contributed by atoms with van der Waals surface area (Å²) in [5.74, 6) is -2.81. The van der Waals surface area contributed by atoms with Gasteiger partial charge in [0.1, 0.15) is 29.5 Å². The van der Waals surface area contributed by atoms with Crippen LogP contribution in [0.1, 0.15) is 39.0 Å². The van der Waals surface area contributed by atoms with Crippen LogP contribution in [0, 0.1) is 17.6 Å². The van der Waals surface area contributed by atoms with Crippen LogP contribution in [0.2, 0.25) is 0 Å². The van der Waals surface area contributed by atoms with E-state index in [1.807, 2.05) is 6.92 Å². The Balaban J connectivity index is 1.36. The fourth-order valence-corrected chi connectivity index (χ4v) is 7.26. The van der Waals surface area contributed by atoms with E-state index in [0.29, 0.717) is 35.3 Å². The molecule has 3 aliphatic heterocycles. The average molecular weight is 562 g/mol. The number of nitrogens with zero attached hydrogens (tertiary/aromatic N) is 5. The molecule has 3 saturated heterocycles. The molecule has 1 atom stereocenters. The van der Waals surface area contributed by atoms with E-state index >= 15 is 4.39 Å². The smallest absolute Gasteiger partial charge is 0.319 e. The number of anilines is 1.